The van der Waals surface area contributed by atoms with Crippen molar-refractivity contribution in [3.05, 3.63) is 42.4 Å². The molecule has 1 fully saturated rings. The molecule has 0 unspecified atom stereocenters. The average molecular weight is 409 g/mol. The second kappa shape index (κ2) is 8.69. The number of carbonyl (C=O) groups is 1. The molecule has 30 heavy (non-hydrogen) atoms. The summed E-state index contributed by atoms with van der Waals surface area (Å²) in [6.45, 7) is 5.69. The monoisotopic (exact) mass is 409 g/mol. The van der Waals surface area contributed by atoms with E-state index in [1.165, 1.54) is 0 Å². The fraction of sp³-hybridized carbons (Fsp3) is 0.455. The molecule has 1 amide bonds. The fourth-order valence-electron chi connectivity index (χ4n) is 3.97. The summed E-state index contributed by atoms with van der Waals surface area (Å²) in [4.78, 5) is 23.8. The maximum Gasteiger partial charge on any atom is 0.263 e. The van der Waals surface area contributed by atoms with E-state index < -0.39 is 6.10 Å². The first-order chi connectivity index (χ1) is 14.6. The lowest BCUT2D eigenvalue weighted by molar-refractivity contribution is -0.139. The molecule has 3 heterocycles. The minimum atomic E-state index is -0.568. The number of benzene rings is 1. The highest BCUT2D eigenvalue weighted by Gasteiger charge is 2.31. The van der Waals surface area contributed by atoms with Gasteiger partial charge < -0.3 is 14.4 Å². The highest BCUT2D eigenvalue weighted by atomic mass is 16.5. The third-order valence-corrected chi connectivity index (χ3v) is 5.40. The smallest absolute Gasteiger partial charge is 0.263 e. The highest BCUT2D eigenvalue weighted by Crippen LogP contribution is 2.30. The van der Waals surface area contributed by atoms with E-state index in [1.807, 2.05) is 43.1 Å². The SMILES string of the molecule is CCOc1ccc(O[C@@H](C)C(=O)N2CCC[C@@H](c3nn(C)c4nccnc34)C2)cc1. The van der Waals surface area contributed by atoms with Crippen LogP contribution in [-0.4, -0.2) is 56.4 Å². The van der Waals surface area contributed by atoms with Crippen molar-refractivity contribution in [2.45, 2.75) is 38.7 Å². The van der Waals surface area contributed by atoms with Gasteiger partial charge in [0, 0.05) is 38.4 Å². The highest BCUT2D eigenvalue weighted by molar-refractivity contribution is 5.81. The van der Waals surface area contributed by atoms with Gasteiger partial charge in [0.1, 0.15) is 17.0 Å². The van der Waals surface area contributed by atoms with E-state index in [-0.39, 0.29) is 11.8 Å². The van der Waals surface area contributed by atoms with E-state index >= 15 is 0 Å². The Morgan fingerprint density at radius 2 is 1.93 bits per heavy atom. The molecule has 0 bridgehead atoms. The predicted octanol–water partition coefficient (Wildman–Crippen LogP) is 2.94. The van der Waals surface area contributed by atoms with Crippen molar-refractivity contribution in [1.29, 1.82) is 0 Å². The minimum absolute atomic E-state index is 0.0140. The second-order valence-electron chi connectivity index (χ2n) is 7.53. The number of fused-ring (bicyclic) bond motifs is 1. The van der Waals surface area contributed by atoms with E-state index in [1.54, 1.807) is 24.0 Å². The number of aryl methyl sites for hydroxylation is 1. The lowest BCUT2D eigenvalue weighted by Gasteiger charge is -2.33. The third-order valence-electron chi connectivity index (χ3n) is 5.40. The Bertz CT molecular complexity index is 1020. The Morgan fingerprint density at radius 3 is 2.70 bits per heavy atom. The second-order valence-corrected chi connectivity index (χ2v) is 7.53. The lowest BCUT2D eigenvalue weighted by atomic mass is 9.94. The maximum atomic E-state index is 13.0. The zero-order chi connectivity index (χ0) is 21.1. The van der Waals surface area contributed by atoms with Crippen molar-refractivity contribution < 1.29 is 14.3 Å². The van der Waals surface area contributed by atoms with E-state index in [4.69, 9.17) is 9.47 Å². The summed E-state index contributed by atoms with van der Waals surface area (Å²) in [5.41, 5.74) is 2.50. The molecule has 1 aromatic carbocycles. The summed E-state index contributed by atoms with van der Waals surface area (Å²) >= 11 is 0. The first-order valence-corrected chi connectivity index (χ1v) is 10.4. The lowest BCUT2D eigenvalue weighted by Crippen LogP contribution is -2.45. The molecule has 2 atom stereocenters. The molecule has 2 aromatic heterocycles. The molecule has 0 radical (unpaired) electrons. The number of likely N-dealkylation sites (tertiary alicyclic amines) is 1. The molecule has 1 aliphatic heterocycles. The number of ether oxygens (including phenoxy) is 2. The first-order valence-electron chi connectivity index (χ1n) is 10.4. The molecule has 0 N–H and O–H groups in total. The van der Waals surface area contributed by atoms with Gasteiger partial charge in [0.15, 0.2) is 11.8 Å². The van der Waals surface area contributed by atoms with Crippen LogP contribution in [-0.2, 0) is 11.8 Å². The molecule has 4 rings (SSSR count). The van der Waals surface area contributed by atoms with Gasteiger partial charge in [-0.25, -0.2) is 14.6 Å². The summed E-state index contributed by atoms with van der Waals surface area (Å²) in [5, 5.41) is 4.65. The van der Waals surface area contributed by atoms with Crippen LogP contribution in [0.2, 0.25) is 0 Å². The molecule has 8 nitrogen and oxygen atoms in total. The van der Waals surface area contributed by atoms with Gasteiger partial charge in [-0.3, -0.25) is 4.79 Å². The number of rotatable bonds is 6. The Balaban J connectivity index is 1.44. The van der Waals surface area contributed by atoms with E-state index in [0.29, 0.717) is 18.9 Å². The van der Waals surface area contributed by atoms with Crippen LogP contribution in [0, 0.1) is 0 Å². The molecule has 8 heteroatoms. The molecule has 0 spiro atoms. The van der Waals surface area contributed by atoms with E-state index in [0.717, 1.165) is 42.0 Å². The fourth-order valence-corrected chi connectivity index (χ4v) is 3.97. The molecular formula is C22H27N5O3. The Morgan fingerprint density at radius 1 is 1.20 bits per heavy atom. The standard InChI is InChI=1S/C22H27N5O3/c1-4-29-17-7-9-18(10-8-17)30-15(2)22(28)27-13-5-6-16(14-27)19-20-21(26(3)25-19)24-12-11-23-20/h7-12,15-16H,4-6,13-14H2,1-3H3/t15-,16+/m0/s1. The van der Waals surface area contributed by atoms with Crippen LogP contribution < -0.4 is 9.47 Å². The van der Waals surface area contributed by atoms with Crippen molar-refractivity contribution in [1.82, 2.24) is 24.6 Å². The summed E-state index contributed by atoms with van der Waals surface area (Å²) in [5.74, 6) is 1.56. The number of amides is 1. The van der Waals surface area contributed by atoms with E-state index in [9.17, 15) is 4.79 Å². The topological polar surface area (TPSA) is 82.4 Å². The third kappa shape index (κ3) is 4.08. The Hall–Kier alpha value is -3.16. The Kier molecular flexibility index (Phi) is 5.83. The van der Waals surface area contributed by atoms with Crippen LogP contribution in [0.5, 0.6) is 11.5 Å². The van der Waals surface area contributed by atoms with Crippen LogP contribution >= 0.6 is 0 Å². The van der Waals surface area contributed by atoms with Gasteiger partial charge >= 0.3 is 0 Å². The number of carbonyl (C=O) groups excluding carboxylic acids is 1. The quantitative estimate of drug-likeness (QED) is 0.623. The van der Waals surface area contributed by atoms with Crippen molar-refractivity contribution in [2.75, 3.05) is 19.7 Å². The van der Waals surface area contributed by atoms with Crippen LogP contribution in [0.4, 0.5) is 0 Å². The Labute approximate surface area is 175 Å². The van der Waals surface area contributed by atoms with E-state index in [2.05, 4.69) is 15.1 Å². The average Bonchev–Trinajstić information content (AvgIpc) is 3.12. The number of nitrogens with zero attached hydrogens (tertiary/aromatic N) is 5. The number of hydrogen-bond donors (Lipinski definition) is 0. The van der Waals surface area contributed by atoms with Gasteiger partial charge in [0.25, 0.3) is 5.91 Å². The molecule has 0 saturated carbocycles. The zero-order valence-electron chi connectivity index (χ0n) is 17.6. The van der Waals surface area contributed by atoms with Gasteiger partial charge in [0.2, 0.25) is 0 Å². The largest absolute Gasteiger partial charge is 0.494 e. The van der Waals surface area contributed by atoms with Gasteiger partial charge in [-0.2, -0.15) is 5.10 Å². The zero-order valence-corrected chi connectivity index (χ0v) is 17.6. The van der Waals surface area contributed by atoms with Gasteiger partial charge in [-0.15, -0.1) is 0 Å². The summed E-state index contributed by atoms with van der Waals surface area (Å²) < 4.78 is 13.1. The van der Waals surface area contributed by atoms with Crippen LogP contribution in [0.1, 0.15) is 38.3 Å². The van der Waals surface area contributed by atoms with Crippen molar-refractivity contribution in [2.24, 2.45) is 7.05 Å². The summed E-state index contributed by atoms with van der Waals surface area (Å²) in [6, 6.07) is 7.35. The van der Waals surface area contributed by atoms with Crippen LogP contribution in [0.15, 0.2) is 36.7 Å². The number of aromatic nitrogens is 4. The molecule has 158 valence electrons. The molecule has 1 saturated heterocycles. The normalized spacial score (nSPS) is 17.7. The van der Waals surface area contributed by atoms with Crippen molar-refractivity contribution in [3.8, 4) is 11.5 Å². The number of hydrogen-bond acceptors (Lipinski definition) is 6. The molecular weight excluding hydrogens is 382 g/mol. The summed E-state index contributed by atoms with van der Waals surface area (Å²) in [6.07, 6.45) is 4.68. The molecule has 3 aromatic rings. The van der Waals surface area contributed by atoms with Gasteiger partial charge in [-0.1, -0.05) is 0 Å². The minimum Gasteiger partial charge on any atom is -0.494 e. The van der Waals surface area contributed by atoms with Crippen molar-refractivity contribution >= 4 is 17.1 Å². The first kappa shape index (κ1) is 20.1. The van der Waals surface area contributed by atoms with Crippen LogP contribution in [0.25, 0.3) is 11.2 Å². The van der Waals surface area contributed by atoms with Gasteiger partial charge in [0.05, 0.1) is 12.3 Å². The summed E-state index contributed by atoms with van der Waals surface area (Å²) in [7, 11) is 1.87. The number of piperidine rings is 1. The van der Waals surface area contributed by atoms with Crippen molar-refractivity contribution in [3.63, 3.8) is 0 Å². The predicted molar refractivity (Wildman–Crippen MR) is 113 cm³/mol. The maximum absolute atomic E-state index is 13.0. The molecule has 0 aliphatic carbocycles. The van der Waals surface area contributed by atoms with Crippen LogP contribution in [0.3, 0.4) is 0 Å². The van der Waals surface area contributed by atoms with Gasteiger partial charge in [-0.05, 0) is 51.0 Å². The molecule has 1 aliphatic rings.